The van der Waals surface area contributed by atoms with Crippen molar-refractivity contribution in [3.05, 3.63) is 24.8 Å². The minimum absolute atomic E-state index is 0.0326. The van der Waals surface area contributed by atoms with Crippen LogP contribution in [-0.2, 0) is 38.1 Å². The van der Waals surface area contributed by atoms with Crippen molar-refractivity contribution in [2.24, 2.45) is 11.7 Å². The van der Waals surface area contributed by atoms with Gasteiger partial charge in [0.25, 0.3) is 0 Å². The van der Waals surface area contributed by atoms with Crippen LogP contribution in [0.1, 0.15) is 80.1 Å². The quantitative estimate of drug-likeness (QED) is 0.187. The molecule has 2 amide bonds. The van der Waals surface area contributed by atoms with Crippen LogP contribution in [0.2, 0.25) is 0 Å². The lowest BCUT2D eigenvalue weighted by atomic mass is 9.94. The maximum Gasteiger partial charge on any atom is 0.410 e. The van der Waals surface area contributed by atoms with Crippen molar-refractivity contribution in [2.75, 3.05) is 26.3 Å². The second-order valence-electron chi connectivity index (χ2n) is 13.1. The molecule has 0 aliphatic carbocycles. The van der Waals surface area contributed by atoms with Gasteiger partial charge in [-0.3, -0.25) is 24.1 Å². The molecule has 242 valence electrons. The van der Waals surface area contributed by atoms with Gasteiger partial charge in [-0.25, -0.2) is 4.79 Å². The van der Waals surface area contributed by atoms with Crippen LogP contribution in [0.4, 0.5) is 4.79 Å². The first-order valence-electron chi connectivity index (χ1n) is 14.8. The van der Waals surface area contributed by atoms with E-state index >= 15 is 0 Å². The number of nitrogens with zero attached hydrogens (tertiary/aromatic N) is 2. The third kappa shape index (κ3) is 11.7. The Hall–Kier alpha value is -3.25. The van der Waals surface area contributed by atoms with Crippen LogP contribution in [0.3, 0.4) is 0 Å². The van der Waals surface area contributed by atoms with Gasteiger partial charge >= 0.3 is 18.0 Å². The van der Waals surface area contributed by atoms with Crippen molar-refractivity contribution in [1.82, 2.24) is 9.80 Å². The van der Waals surface area contributed by atoms with Crippen LogP contribution in [-0.4, -0.2) is 95.3 Å². The predicted octanol–water partition coefficient (Wildman–Crippen LogP) is 3.27. The fourth-order valence-electron chi connectivity index (χ4n) is 4.87. The normalized spacial score (nSPS) is 20.4. The van der Waals surface area contributed by atoms with E-state index in [9.17, 15) is 24.0 Å². The first-order chi connectivity index (χ1) is 19.9. The van der Waals surface area contributed by atoms with Gasteiger partial charge in [-0.15, -0.1) is 0 Å². The van der Waals surface area contributed by atoms with Crippen molar-refractivity contribution in [3.8, 4) is 0 Å². The molecule has 0 radical (unpaired) electrons. The van der Waals surface area contributed by atoms with E-state index in [1.807, 2.05) is 0 Å². The number of ketones is 1. The second kappa shape index (κ2) is 15.5. The first kappa shape index (κ1) is 35.9. The summed E-state index contributed by atoms with van der Waals surface area (Å²) in [5.41, 5.74) is 5.33. The molecule has 0 aromatic carbocycles. The molecule has 0 bridgehead atoms. The molecule has 12 nitrogen and oxygen atoms in total. The zero-order valence-corrected chi connectivity index (χ0v) is 26.5. The number of nitrogens with two attached hydrogens (primary N) is 1. The topological polar surface area (TPSA) is 155 Å². The number of carbonyl (C=O) groups is 5. The molecule has 2 fully saturated rings. The fourth-order valence-corrected chi connectivity index (χ4v) is 4.87. The summed E-state index contributed by atoms with van der Waals surface area (Å²) in [6.45, 7) is 19.0. The Labute approximate surface area is 254 Å². The highest BCUT2D eigenvalue weighted by atomic mass is 16.6. The lowest BCUT2D eigenvalue weighted by Gasteiger charge is -2.34. The Balaban J connectivity index is 2.03. The molecule has 4 atom stereocenters. The summed E-state index contributed by atoms with van der Waals surface area (Å²) < 4.78 is 21.9. The van der Waals surface area contributed by atoms with Crippen molar-refractivity contribution >= 4 is 29.7 Å². The molecular weight excluding hydrogens is 558 g/mol. The summed E-state index contributed by atoms with van der Waals surface area (Å²) in [7, 11) is 0. The number of amides is 2. The van der Waals surface area contributed by atoms with Crippen LogP contribution >= 0.6 is 0 Å². The zero-order valence-electron chi connectivity index (χ0n) is 26.5. The number of esters is 2. The lowest BCUT2D eigenvalue weighted by molar-refractivity contribution is -0.157. The van der Waals surface area contributed by atoms with E-state index in [2.05, 4.69) is 13.2 Å². The summed E-state index contributed by atoms with van der Waals surface area (Å²) >= 11 is 0. The van der Waals surface area contributed by atoms with Crippen LogP contribution in [0.15, 0.2) is 24.8 Å². The van der Waals surface area contributed by atoms with E-state index in [4.69, 9.17) is 24.7 Å². The maximum atomic E-state index is 13.4. The van der Waals surface area contributed by atoms with E-state index in [0.29, 0.717) is 26.1 Å². The molecule has 2 N–H and O–H groups in total. The Kier molecular flexibility index (Phi) is 12.9. The SMILES string of the molecule is C=CCOC(=O)[C@H](CCC(=O)N1CCOC1[C@@H]1CC(=C)CN1C(=O)OC(C)(C)C)CC(=O)CC[C@H](N)C(=O)OC(C)(C)C. The molecule has 2 aliphatic heterocycles. The summed E-state index contributed by atoms with van der Waals surface area (Å²) in [5, 5.41) is 0. The van der Waals surface area contributed by atoms with Crippen LogP contribution in [0.5, 0.6) is 0 Å². The van der Waals surface area contributed by atoms with Crippen molar-refractivity contribution < 1.29 is 42.9 Å². The lowest BCUT2D eigenvalue weighted by Crippen LogP contribution is -2.51. The average molecular weight is 608 g/mol. The number of likely N-dealkylation sites (tertiary alicyclic amines) is 1. The maximum absolute atomic E-state index is 13.4. The van der Waals surface area contributed by atoms with Gasteiger partial charge in [0, 0.05) is 32.4 Å². The Morgan fingerprint density at radius 3 is 2.26 bits per heavy atom. The van der Waals surface area contributed by atoms with Crippen LogP contribution in [0, 0.1) is 5.92 Å². The Morgan fingerprint density at radius 1 is 1.00 bits per heavy atom. The molecule has 2 heterocycles. The van der Waals surface area contributed by atoms with Crippen molar-refractivity contribution in [1.29, 1.82) is 0 Å². The van der Waals surface area contributed by atoms with Gasteiger partial charge in [-0.1, -0.05) is 24.8 Å². The second-order valence-corrected chi connectivity index (χ2v) is 13.1. The minimum Gasteiger partial charge on any atom is -0.461 e. The summed E-state index contributed by atoms with van der Waals surface area (Å²) in [5.74, 6) is -2.65. The summed E-state index contributed by atoms with van der Waals surface area (Å²) in [4.78, 5) is 67.1. The van der Waals surface area contributed by atoms with Crippen molar-refractivity contribution in [2.45, 2.75) is 110 Å². The van der Waals surface area contributed by atoms with Gasteiger partial charge in [-0.05, 0) is 60.8 Å². The molecular formula is C31H49N3O9. The molecule has 2 saturated heterocycles. The highest BCUT2D eigenvalue weighted by molar-refractivity contribution is 5.86. The smallest absolute Gasteiger partial charge is 0.410 e. The largest absolute Gasteiger partial charge is 0.461 e. The molecule has 2 rings (SSSR count). The summed E-state index contributed by atoms with van der Waals surface area (Å²) in [6.07, 6.45) is 0.564. The van der Waals surface area contributed by atoms with E-state index in [-0.39, 0.29) is 50.4 Å². The molecule has 12 heteroatoms. The molecule has 0 saturated carbocycles. The molecule has 0 aromatic rings. The van der Waals surface area contributed by atoms with Crippen LogP contribution in [0.25, 0.3) is 0 Å². The Morgan fingerprint density at radius 2 is 1.65 bits per heavy atom. The number of rotatable bonds is 13. The molecule has 0 aromatic heterocycles. The fraction of sp³-hybridized carbons (Fsp3) is 0.710. The van der Waals surface area contributed by atoms with Gasteiger partial charge in [0.15, 0.2) is 6.23 Å². The molecule has 2 aliphatic rings. The summed E-state index contributed by atoms with van der Waals surface area (Å²) in [6, 6.07) is -1.44. The van der Waals surface area contributed by atoms with Crippen LogP contribution < -0.4 is 5.73 Å². The van der Waals surface area contributed by atoms with Crippen molar-refractivity contribution in [3.63, 3.8) is 0 Å². The average Bonchev–Trinajstić information content (AvgIpc) is 3.52. The predicted molar refractivity (Wildman–Crippen MR) is 158 cm³/mol. The molecule has 1 unspecified atom stereocenters. The zero-order chi connectivity index (χ0) is 32.5. The van der Waals surface area contributed by atoms with Gasteiger partial charge in [0.1, 0.15) is 29.6 Å². The van der Waals surface area contributed by atoms with Gasteiger partial charge in [0.05, 0.1) is 18.6 Å². The third-order valence-corrected chi connectivity index (χ3v) is 6.80. The van der Waals surface area contributed by atoms with E-state index in [1.54, 1.807) is 51.3 Å². The van der Waals surface area contributed by atoms with E-state index in [1.165, 1.54) is 6.08 Å². The highest BCUT2D eigenvalue weighted by Crippen LogP contribution is 2.31. The standard InChI is InChI=1S/C31H49N3O9/c1-9-15-41-27(37)21(18-22(35)11-12-23(32)28(38)42-30(3,4)5)10-13-25(36)33-14-16-40-26(33)24-17-20(2)19-34(24)29(39)43-31(6,7)8/h9,21,23-24,26H,1-2,10-19,32H2,3-8H3/t21-,23+,24+,26?/m1/s1. The third-order valence-electron chi connectivity index (χ3n) is 6.80. The molecule has 43 heavy (non-hydrogen) atoms. The number of ether oxygens (including phenoxy) is 4. The monoisotopic (exact) mass is 607 g/mol. The van der Waals surface area contributed by atoms with Gasteiger partial charge in [-0.2, -0.15) is 0 Å². The van der Waals surface area contributed by atoms with E-state index < -0.39 is 53.5 Å². The van der Waals surface area contributed by atoms with Gasteiger partial charge < -0.3 is 29.6 Å². The minimum atomic E-state index is -0.977. The first-order valence-corrected chi connectivity index (χ1v) is 14.8. The number of Topliss-reactive ketones (excluding diaryl/α,β-unsaturated/α-hetero) is 1. The van der Waals surface area contributed by atoms with E-state index in [0.717, 1.165) is 5.57 Å². The molecule has 0 spiro atoms. The number of hydrogen-bond acceptors (Lipinski definition) is 10. The highest BCUT2D eigenvalue weighted by Gasteiger charge is 2.45. The number of hydrogen-bond donors (Lipinski definition) is 1. The number of carbonyl (C=O) groups excluding carboxylic acids is 5. The Bertz CT molecular complexity index is 1060. The van der Waals surface area contributed by atoms with Gasteiger partial charge in [0.2, 0.25) is 5.91 Å².